The number of piperazine rings is 1. The van der Waals surface area contributed by atoms with Gasteiger partial charge in [0.15, 0.2) is 0 Å². The van der Waals surface area contributed by atoms with Gasteiger partial charge in [0.05, 0.1) is 12.0 Å². The molecule has 2 rings (SSSR count). The highest BCUT2D eigenvalue weighted by atomic mass is 32.2. The minimum absolute atomic E-state index is 0.265. The number of hydrogen-bond acceptors (Lipinski definition) is 5. The van der Waals surface area contributed by atoms with Crippen LogP contribution in [0.15, 0.2) is 23.1 Å². The fraction of sp³-hybridized carbons (Fsp3) is 0.462. The van der Waals surface area contributed by atoms with Crippen molar-refractivity contribution in [3.8, 4) is 0 Å². The molecule has 1 aromatic rings. The molecular formula is C13H17FN2O4S. The van der Waals surface area contributed by atoms with Crippen molar-refractivity contribution in [2.24, 2.45) is 0 Å². The zero-order valence-corrected chi connectivity index (χ0v) is 12.6. The Morgan fingerprint density at radius 3 is 2.81 bits per heavy atom. The third-order valence-electron chi connectivity index (χ3n) is 3.39. The number of sulfonamides is 1. The Kier molecular flexibility index (Phi) is 4.60. The van der Waals surface area contributed by atoms with Crippen molar-refractivity contribution >= 4 is 16.0 Å². The lowest BCUT2D eigenvalue weighted by Crippen LogP contribution is -2.52. The summed E-state index contributed by atoms with van der Waals surface area (Å²) in [5.74, 6) is -1.92. The Bertz CT molecular complexity index is 648. The van der Waals surface area contributed by atoms with Gasteiger partial charge in [-0.25, -0.2) is 17.6 Å². The number of hydrogen-bond donors (Lipinski definition) is 1. The first kappa shape index (κ1) is 15.9. The third kappa shape index (κ3) is 2.92. The van der Waals surface area contributed by atoms with E-state index in [-0.39, 0.29) is 17.5 Å². The van der Waals surface area contributed by atoms with E-state index < -0.39 is 27.4 Å². The molecule has 0 spiro atoms. The molecule has 116 valence electrons. The van der Waals surface area contributed by atoms with Crippen LogP contribution in [0.25, 0.3) is 0 Å². The van der Waals surface area contributed by atoms with Gasteiger partial charge in [-0.2, -0.15) is 4.31 Å². The number of nitrogens with zero attached hydrogens (tertiary/aromatic N) is 1. The molecule has 1 N–H and O–H groups in total. The molecule has 1 unspecified atom stereocenters. The average molecular weight is 316 g/mol. The molecule has 1 aromatic carbocycles. The molecule has 0 aromatic heterocycles. The summed E-state index contributed by atoms with van der Waals surface area (Å²) in [6, 6.07) is 3.24. The summed E-state index contributed by atoms with van der Waals surface area (Å²) in [7, 11) is -2.89. The number of methoxy groups -OCH3 is 1. The smallest absolute Gasteiger partial charge is 0.342 e. The number of carbonyl (C=O) groups excluding carboxylic acids is 1. The highest BCUT2D eigenvalue weighted by molar-refractivity contribution is 7.89. The van der Waals surface area contributed by atoms with E-state index in [1.807, 2.05) is 0 Å². The van der Waals surface area contributed by atoms with E-state index in [2.05, 4.69) is 10.1 Å². The second-order valence-corrected chi connectivity index (χ2v) is 6.63. The maximum atomic E-state index is 13.9. The quantitative estimate of drug-likeness (QED) is 0.826. The molecule has 1 saturated heterocycles. The molecule has 1 heterocycles. The first-order valence-electron chi connectivity index (χ1n) is 6.49. The SMILES string of the molecule is COC(=O)c1c(F)cccc1S(=O)(=O)N1CCNCC1C. The van der Waals surface area contributed by atoms with Crippen LogP contribution in [-0.2, 0) is 14.8 Å². The average Bonchev–Trinajstić information content (AvgIpc) is 2.46. The molecule has 1 aliphatic heterocycles. The predicted octanol–water partition coefficient (Wildman–Crippen LogP) is 0.595. The van der Waals surface area contributed by atoms with Crippen LogP contribution in [0, 0.1) is 5.82 Å². The Morgan fingerprint density at radius 1 is 1.48 bits per heavy atom. The summed E-state index contributed by atoms with van der Waals surface area (Å²) in [4.78, 5) is 11.4. The lowest BCUT2D eigenvalue weighted by Gasteiger charge is -2.33. The highest BCUT2D eigenvalue weighted by Gasteiger charge is 2.35. The molecule has 0 radical (unpaired) electrons. The Balaban J connectivity index is 2.54. The van der Waals surface area contributed by atoms with Crippen molar-refractivity contribution in [2.45, 2.75) is 17.9 Å². The molecule has 1 fully saturated rings. The molecule has 0 amide bonds. The number of ether oxygens (including phenoxy) is 1. The summed E-state index contributed by atoms with van der Waals surface area (Å²) >= 11 is 0. The number of halogens is 1. The Labute approximate surface area is 122 Å². The highest BCUT2D eigenvalue weighted by Crippen LogP contribution is 2.25. The largest absolute Gasteiger partial charge is 0.465 e. The lowest BCUT2D eigenvalue weighted by molar-refractivity contribution is 0.0590. The molecule has 1 aliphatic rings. The van der Waals surface area contributed by atoms with Gasteiger partial charge in [0.25, 0.3) is 0 Å². The van der Waals surface area contributed by atoms with Gasteiger partial charge in [-0.15, -0.1) is 0 Å². The predicted molar refractivity (Wildman–Crippen MR) is 74.0 cm³/mol. The molecule has 0 saturated carbocycles. The van der Waals surface area contributed by atoms with Crippen molar-refractivity contribution in [1.29, 1.82) is 0 Å². The second-order valence-electron chi connectivity index (χ2n) is 4.77. The van der Waals surface area contributed by atoms with Gasteiger partial charge in [-0.1, -0.05) is 6.07 Å². The van der Waals surface area contributed by atoms with Crippen LogP contribution in [-0.4, -0.2) is 51.5 Å². The van der Waals surface area contributed by atoms with E-state index in [1.54, 1.807) is 6.92 Å². The van der Waals surface area contributed by atoms with Gasteiger partial charge in [0.2, 0.25) is 10.0 Å². The van der Waals surface area contributed by atoms with E-state index in [0.29, 0.717) is 13.1 Å². The van der Waals surface area contributed by atoms with Crippen molar-refractivity contribution in [3.63, 3.8) is 0 Å². The first-order chi connectivity index (χ1) is 9.89. The van der Waals surface area contributed by atoms with Gasteiger partial charge in [-0.3, -0.25) is 0 Å². The Morgan fingerprint density at radius 2 is 2.19 bits per heavy atom. The van der Waals surface area contributed by atoms with Gasteiger partial charge >= 0.3 is 5.97 Å². The van der Waals surface area contributed by atoms with E-state index in [4.69, 9.17) is 0 Å². The maximum absolute atomic E-state index is 13.9. The van der Waals surface area contributed by atoms with E-state index in [1.165, 1.54) is 16.4 Å². The molecule has 8 heteroatoms. The van der Waals surface area contributed by atoms with Gasteiger partial charge in [0, 0.05) is 25.7 Å². The Hall–Kier alpha value is -1.51. The summed E-state index contributed by atoms with van der Waals surface area (Å²) in [5.41, 5.74) is -0.550. The normalized spacial score (nSPS) is 20.2. The van der Waals surface area contributed by atoms with Crippen LogP contribution in [0.2, 0.25) is 0 Å². The molecule has 0 bridgehead atoms. The maximum Gasteiger partial charge on any atom is 0.342 e. The number of rotatable bonds is 3. The molecular weight excluding hydrogens is 299 g/mol. The summed E-state index contributed by atoms with van der Waals surface area (Å²) in [6.45, 7) is 3.02. The molecule has 6 nitrogen and oxygen atoms in total. The summed E-state index contributed by atoms with van der Waals surface area (Å²) in [5, 5.41) is 3.08. The number of esters is 1. The minimum Gasteiger partial charge on any atom is -0.465 e. The monoisotopic (exact) mass is 316 g/mol. The number of carbonyl (C=O) groups is 1. The number of benzene rings is 1. The van der Waals surface area contributed by atoms with Crippen molar-refractivity contribution < 1.29 is 22.3 Å². The molecule has 0 aliphatic carbocycles. The fourth-order valence-corrected chi connectivity index (χ4v) is 4.15. The van der Waals surface area contributed by atoms with Crippen LogP contribution in [0.4, 0.5) is 4.39 Å². The van der Waals surface area contributed by atoms with Crippen molar-refractivity contribution in [2.75, 3.05) is 26.7 Å². The standard InChI is InChI=1S/C13H17FN2O4S/c1-9-8-15-6-7-16(9)21(18,19)11-5-3-4-10(14)12(11)13(17)20-2/h3-5,9,15H,6-8H2,1-2H3. The minimum atomic E-state index is -3.97. The zero-order valence-electron chi connectivity index (χ0n) is 11.8. The van der Waals surface area contributed by atoms with Crippen LogP contribution in [0.3, 0.4) is 0 Å². The van der Waals surface area contributed by atoms with Crippen molar-refractivity contribution in [1.82, 2.24) is 9.62 Å². The first-order valence-corrected chi connectivity index (χ1v) is 7.93. The van der Waals surface area contributed by atoms with Gasteiger partial charge in [0.1, 0.15) is 11.4 Å². The molecule has 1 atom stereocenters. The second kappa shape index (κ2) is 6.08. The van der Waals surface area contributed by atoms with E-state index >= 15 is 0 Å². The van der Waals surface area contributed by atoms with Crippen LogP contribution >= 0.6 is 0 Å². The topological polar surface area (TPSA) is 75.7 Å². The van der Waals surface area contributed by atoms with Crippen LogP contribution in [0.1, 0.15) is 17.3 Å². The fourth-order valence-electron chi connectivity index (χ4n) is 2.33. The third-order valence-corrected chi connectivity index (χ3v) is 5.45. The van der Waals surface area contributed by atoms with E-state index in [0.717, 1.165) is 13.2 Å². The number of nitrogens with one attached hydrogen (secondary N) is 1. The van der Waals surface area contributed by atoms with Gasteiger partial charge < -0.3 is 10.1 Å². The lowest BCUT2D eigenvalue weighted by atomic mass is 10.2. The molecule has 21 heavy (non-hydrogen) atoms. The zero-order chi connectivity index (χ0) is 15.6. The summed E-state index contributed by atoms with van der Waals surface area (Å²) in [6.07, 6.45) is 0. The van der Waals surface area contributed by atoms with E-state index in [9.17, 15) is 17.6 Å². The van der Waals surface area contributed by atoms with Crippen LogP contribution in [0.5, 0.6) is 0 Å². The van der Waals surface area contributed by atoms with Crippen molar-refractivity contribution in [3.05, 3.63) is 29.6 Å². The van der Waals surface area contributed by atoms with Crippen LogP contribution < -0.4 is 5.32 Å². The summed E-state index contributed by atoms with van der Waals surface area (Å²) < 4.78 is 45.1. The van der Waals surface area contributed by atoms with Gasteiger partial charge in [-0.05, 0) is 19.1 Å².